The normalized spacial score (nSPS) is 42.7. The minimum Gasteiger partial charge on any atom is -0.312 e. The first kappa shape index (κ1) is 5.69. The van der Waals surface area contributed by atoms with Crippen LogP contribution in [0, 0.1) is 0 Å². The molecule has 9 heavy (non-hydrogen) atoms. The van der Waals surface area contributed by atoms with Gasteiger partial charge in [-0.05, 0) is 25.8 Å². The van der Waals surface area contributed by atoms with Crippen LogP contribution in [0.3, 0.4) is 0 Å². The SMILES string of the molecule is C1C[N]C2CCNC2C1. The molecule has 0 aromatic carbocycles. The van der Waals surface area contributed by atoms with Gasteiger partial charge in [-0.25, -0.2) is 5.32 Å². The number of rotatable bonds is 0. The molecule has 2 aliphatic heterocycles. The Kier molecular flexibility index (Phi) is 1.44. The maximum atomic E-state index is 4.53. The summed E-state index contributed by atoms with van der Waals surface area (Å²) in [7, 11) is 0. The van der Waals surface area contributed by atoms with Gasteiger partial charge in [-0.1, -0.05) is 0 Å². The molecule has 0 amide bonds. The van der Waals surface area contributed by atoms with Crippen molar-refractivity contribution in [2.24, 2.45) is 0 Å². The fraction of sp³-hybridized carbons (Fsp3) is 1.00. The van der Waals surface area contributed by atoms with Crippen molar-refractivity contribution in [1.29, 1.82) is 0 Å². The lowest BCUT2D eigenvalue weighted by molar-refractivity contribution is 0.358. The number of fused-ring (bicyclic) bond motifs is 1. The van der Waals surface area contributed by atoms with E-state index in [9.17, 15) is 0 Å². The fourth-order valence-electron chi connectivity index (χ4n) is 1.84. The molecule has 0 aliphatic carbocycles. The summed E-state index contributed by atoms with van der Waals surface area (Å²) in [6, 6.07) is 1.43. The van der Waals surface area contributed by atoms with Crippen LogP contribution in [0.4, 0.5) is 0 Å². The zero-order valence-electron chi connectivity index (χ0n) is 5.64. The lowest BCUT2D eigenvalue weighted by atomic mass is 10.0. The predicted octanol–water partition coefficient (Wildman–Crippen LogP) is 0.115. The monoisotopic (exact) mass is 125 g/mol. The average Bonchev–Trinajstić information content (AvgIpc) is 2.33. The van der Waals surface area contributed by atoms with Gasteiger partial charge in [0.05, 0.1) is 0 Å². The van der Waals surface area contributed by atoms with E-state index < -0.39 is 0 Å². The van der Waals surface area contributed by atoms with Gasteiger partial charge in [-0.2, -0.15) is 0 Å². The van der Waals surface area contributed by atoms with Crippen molar-refractivity contribution < 1.29 is 0 Å². The highest BCUT2D eigenvalue weighted by molar-refractivity contribution is 4.91. The highest BCUT2D eigenvalue weighted by Crippen LogP contribution is 2.16. The molecule has 2 rings (SSSR count). The van der Waals surface area contributed by atoms with Crippen LogP contribution in [0.25, 0.3) is 0 Å². The molecule has 2 saturated heterocycles. The maximum absolute atomic E-state index is 4.53. The molecule has 0 aromatic rings. The summed E-state index contributed by atoms with van der Waals surface area (Å²) in [4.78, 5) is 0. The Hall–Kier alpha value is -0.0800. The molecule has 0 bridgehead atoms. The Morgan fingerprint density at radius 3 is 3.22 bits per heavy atom. The van der Waals surface area contributed by atoms with Crippen molar-refractivity contribution in [1.82, 2.24) is 10.6 Å². The van der Waals surface area contributed by atoms with Gasteiger partial charge < -0.3 is 5.32 Å². The summed E-state index contributed by atoms with van der Waals surface area (Å²) in [6.45, 7) is 2.31. The van der Waals surface area contributed by atoms with Crippen molar-refractivity contribution in [3.8, 4) is 0 Å². The first-order valence-electron chi connectivity index (χ1n) is 3.87. The molecular formula is C7H13N2. The molecule has 0 aromatic heterocycles. The van der Waals surface area contributed by atoms with E-state index in [0.29, 0.717) is 6.04 Å². The lowest BCUT2D eigenvalue weighted by Crippen LogP contribution is -2.41. The van der Waals surface area contributed by atoms with Gasteiger partial charge in [0.1, 0.15) is 0 Å². The molecular weight excluding hydrogens is 112 g/mol. The van der Waals surface area contributed by atoms with E-state index in [1.807, 2.05) is 0 Å². The van der Waals surface area contributed by atoms with E-state index in [4.69, 9.17) is 0 Å². The van der Waals surface area contributed by atoms with Gasteiger partial charge in [0.2, 0.25) is 0 Å². The Bertz CT molecular complexity index is 91.1. The summed E-state index contributed by atoms with van der Waals surface area (Å²) in [5, 5.41) is 7.99. The van der Waals surface area contributed by atoms with Crippen LogP contribution in [0.2, 0.25) is 0 Å². The van der Waals surface area contributed by atoms with Crippen molar-refractivity contribution in [2.45, 2.75) is 31.3 Å². The van der Waals surface area contributed by atoms with Crippen LogP contribution < -0.4 is 10.6 Å². The smallest absolute Gasteiger partial charge is 0.0411 e. The molecule has 2 heterocycles. The lowest BCUT2D eigenvalue weighted by Gasteiger charge is -2.24. The first-order valence-corrected chi connectivity index (χ1v) is 3.87. The topological polar surface area (TPSA) is 26.1 Å². The summed E-state index contributed by atoms with van der Waals surface area (Å²) in [5.41, 5.74) is 0. The van der Waals surface area contributed by atoms with E-state index in [1.54, 1.807) is 0 Å². The number of nitrogens with one attached hydrogen (secondary N) is 1. The molecule has 2 heteroatoms. The third kappa shape index (κ3) is 0.970. The van der Waals surface area contributed by atoms with E-state index in [1.165, 1.54) is 25.8 Å². The predicted molar refractivity (Wildman–Crippen MR) is 36.4 cm³/mol. The molecule has 0 spiro atoms. The molecule has 2 unspecified atom stereocenters. The molecule has 2 aliphatic rings. The quantitative estimate of drug-likeness (QED) is 0.489. The number of hydrogen-bond acceptors (Lipinski definition) is 1. The van der Waals surface area contributed by atoms with Crippen molar-refractivity contribution in [2.75, 3.05) is 13.1 Å². The highest BCUT2D eigenvalue weighted by Gasteiger charge is 2.29. The molecule has 1 radical (unpaired) electrons. The third-order valence-corrected chi connectivity index (χ3v) is 2.35. The van der Waals surface area contributed by atoms with Crippen molar-refractivity contribution in [3.05, 3.63) is 0 Å². The van der Waals surface area contributed by atoms with Crippen LogP contribution in [-0.2, 0) is 0 Å². The zero-order chi connectivity index (χ0) is 6.10. The van der Waals surface area contributed by atoms with Crippen LogP contribution in [0.15, 0.2) is 0 Å². The van der Waals surface area contributed by atoms with Gasteiger partial charge in [-0.15, -0.1) is 0 Å². The largest absolute Gasteiger partial charge is 0.312 e. The van der Waals surface area contributed by atoms with Crippen LogP contribution >= 0.6 is 0 Å². The molecule has 51 valence electrons. The number of piperidine rings is 1. The summed E-state index contributed by atoms with van der Waals surface area (Å²) in [5.74, 6) is 0. The fourth-order valence-corrected chi connectivity index (χ4v) is 1.84. The first-order chi connectivity index (χ1) is 4.47. The van der Waals surface area contributed by atoms with Gasteiger partial charge >= 0.3 is 0 Å². The Balaban J connectivity index is 1.97. The second-order valence-electron chi connectivity index (χ2n) is 2.97. The Morgan fingerprint density at radius 1 is 1.33 bits per heavy atom. The molecule has 2 fully saturated rings. The average molecular weight is 125 g/mol. The Labute approximate surface area is 56.0 Å². The van der Waals surface area contributed by atoms with E-state index >= 15 is 0 Å². The van der Waals surface area contributed by atoms with E-state index in [0.717, 1.165) is 12.6 Å². The van der Waals surface area contributed by atoms with E-state index in [-0.39, 0.29) is 0 Å². The van der Waals surface area contributed by atoms with Gasteiger partial charge in [0, 0.05) is 18.6 Å². The highest BCUT2D eigenvalue weighted by atomic mass is 15.1. The molecule has 2 nitrogen and oxygen atoms in total. The van der Waals surface area contributed by atoms with Crippen LogP contribution in [0.1, 0.15) is 19.3 Å². The van der Waals surface area contributed by atoms with Crippen LogP contribution in [0.5, 0.6) is 0 Å². The zero-order valence-corrected chi connectivity index (χ0v) is 5.64. The van der Waals surface area contributed by atoms with E-state index in [2.05, 4.69) is 10.6 Å². The van der Waals surface area contributed by atoms with Gasteiger partial charge in [0.15, 0.2) is 0 Å². The maximum Gasteiger partial charge on any atom is 0.0411 e. The second-order valence-corrected chi connectivity index (χ2v) is 2.97. The number of nitrogens with zero attached hydrogens (tertiary/aromatic N) is 1. The van der Waals surface area contributed by atoms with Crippen LogP contribution in [-0.4, -0.2) is 25.2 Å². The minimum atomic E-state index is 0.679. The molecule has 0 saturated carbocycles. The molecule has 2 atom stereocenters. The second kappa shape index (κ2) is 2.27. The number of hydrogen-bond donors (Lipinski definition) is 1. The van der Waals surface area contributed by atoms with Crippen molar-refractivity contribution >= 4 is 0 Å². The summed E-state index contributed by atoms with van der Waals surface area (Å²) < 4.78 is 0. The molecule has 1 N–H and O–H groups in total. The van der Waals surface area contributed by atoms with Gasteiger partial charge in [0.25, 0.3) is 0 Å². The van der Waals surface area contributed by atoms with Crippen molar-refractivity contribution in [3.63, 3.8) is 0 Å². The third-order valence-electron chi connectivity index (χ3n) is 2.35. The standard InChI is InChI=1S/C7H13N2/c1-2-6-7(8-4-1)3-5-9-6/h6-7,9H,1-5H2. The summed E-state index contributed by atoms with van der Waals surface area (Å²) >= 11 is 0. The Morgan fingerprint density at radius 2 is 2.33 bits per heavy atom. The van der Waals surface area contributed by atoms with Gasteiger partial charge in [-0.3, -0.25) is 0 Å². The summed E-state index contributed by atoms with van der Waals surface area (Å²) in [6.07, 6.45) is 3.94. The minimum absolute atomic E-state index is 0.679.